The van der Waals surface area contributed by atoms with Crippen molar-refractivity contribution in [3.05, 3.63) is 30.5 Å². The predicted octanol–water partition coefficient (Wildman–Crippen LogP) is 1.63. The number of hydrogen-bond acceptors (Lipinski definition) is 4. The van der Waals surface area contributed by atoms with E-state index in [1.165, 1.54) is 6.33 Å². The maximum Gasteiger partial charge on any atom is 0.130 e. The molecule has 2 N–H and O–H groups in total. The average Bonchev–Trinajstić information content (AvgIpc) is 2.62. The van der Waals surface area contributed by atoms with Gasteiger partial charge in [-0.15, -0.1) is 0 Å². The Morgan fingerprint density at radius 2 is 2.23 bits per heavy atom. The van der Waals surface area contributed by atoms with Crippen molar-refractivity contribution >= 4 is 5.82 Å². The van der Waals surface area contributed by atoms with Crippen LogP contribution >= 0.6 is 0 Å². The summed E-state index contributed by atoms with van der Waals surface area (Å²) in [7, 11) is 0. The molecule has 4 heteroatoms. The van der Waals surface area contributed by atoms with E-state index in [4.69, 9.17) is 10.2 Å². The molecule has 0 saturated carbocycles. The number of nitrogen functional groups attached to an aromatic ring is 1. The quantitative estimate of drug-likeness (QED) is 0.715. The first-order chi connectivity index (χ1) is 6.29. The zero-order chi connectivity index (χ0) is 9.26. The molecule has 0 unspecified atom stereocenters. The van der Waals surface area contributed by atoms with E-state index in [0.717, 1.165) is 16.8 Å². The minimum Gasteiger partial charge on any atom is -0.472 e. The van der Waals surface area contributed by atoms with Gasteiger partial charge in [0.1, 0.15) is 12.1 Å². The minimum absolute atomic E-state index is 0.506. The van der Waals surface area contributed by atoms with Crippen LogP contribution in [0.2, 0.25) is 0 Å². The van der Waals surface area contributed by atoms with Crippen LogP contribution in [0.3, 0.4) is 0 Å². The molecule has 2 aromatic rings. The van der Waals surface area contributed by atoms with Crippen LogP contribution in [0.5, 0.6) is 0 Å². The summed E-state index contributed by atoms with van der Waals surface area (Å²) in [5, 5.41) is 0. The molecule has 0 fully saturated rings. The molecule has 0 amide bonds. The predicted molar refractivity (Wildman–Crippen MR) is 48.9 cm³/mol. The first-order valence-electron chi connectivity index (χ1n) is 3.88. The second kappa shape index (κ2) is 2.90. The molecule has 0 spiro atoms. The molecule has 0 aliphatic carbocycles. The second-order valence-corrected chi connectivity index (χ2v) is 2.74. The normalized spacial score (nSPS) is 10.2. The third-order valence-electron chi connectivity index (χ3n) is 1.92. The van der Waals surface area contributed by atoms with Gasteiger partial charge >= 0.3 is 0 Å². The van der Waals surface area contributed by atoms with Gasteiger partial charge in [0.15, 0.2) is 0 Å². The molecule has 0 bridgehead atoms. The second-order valence-electron chi connectivity index (χ2n) is 2.74. The number of furan rings is 1. The maximum atomic E-state index is 5.65. The largest absolute Gasteiger partial charge is 0.472 e. The van der Waals surface area contributed by atoms with Crippen molar-refractivity contribution in [3.8, 4) is 11.3 Å². The van der Waals surface area contributed by atoms with E-state index in [-0.39, 0.29) is 0 Å². The molecule has 0 atom stereocenters. The highest BCUT2D eigenvalue weighted by molar-refractivity contribution is 5.65. The van der Waals surface area contributed by atoms with Crippen LogP contribution in [-0.4, -0.2) is 9.97 Å². The summed E-state index contributed by atoms with van der Waals surface area (Å²) in [6.45, 7) is 1.89. The van der Waals surface area contributed by atoms with Crippen molar-refractivity contribution in [1.82, 2.24) is 9.97 Å². The fraction of sp³-hybridized carbons (Fsp3) is 0.111. The SMILES string of the molecule is Cc1c(N)ncnc1-c1ccoc1. The van der Waals surface area contributed by atoms with Crippen molar-refractivity contribution in [2.75, 3.05) is 5.73 Å². The Hall–Kier alpha value is -1.84. The monoisotopic (exact) mass is 175 g/mol. The van der Waals surface area contributed by atoms with Crippen LogP contribution in [0, 0.1) is 6.92 Å². The lowest BCUT2D eigenvalue weighted by Gasteiger charge is -2.02. The molecule has 2 heterocycles. The van der Waals surface area contributed by atoms with Gasteiger partial charge in [-0.05, 0) is 13.0 Å². The fourth-order valence-electron chi connectivity index (χ4n) is 1.15. The van der Waals surface area contributed by atoms with Crippen LogP contribution < -0.4 is 5.73 Å². The lowest BCUT2D eigenvalue weighted by molar-refractivity contribution is 0.568. The average molecular weight is 175 g/mol. The highest BCUT2D eigenvalue weighted by Crippen LogP contribution is 2.22. The fourth-order valence-corrected chi connectivity index (χ4v) is 1.15. The minimum atomic E-state index is 0.506. The summed E-state index contributed by atoms with van der Waals surface area (Å²) in [6.07, 6.45) is 4.69. The standard InChI is InChI=1S/C9H9N3O/c1-6-8(7-2-3-13-4-7)11-5-12-9(6)10/h2-5H,1H3,(H2,10,11,12). The van der Waals surface area contributed by atoms with Gasteiger partial charge in [-0.1, -0.05) is 0 Å². The number of rotatable bonds is 1. The Balaban J connectivity index is 2.59. The van der Waals surface area contributed by atoms with E-state index in [1.807, 2.05) is 13.0 Å². The van der Waals surface area contributed by atoms with Crippen LogP contribution in [0.1, 0.15) is 5.56 Å². The van der Waals surface area contributed by atoms with Gasteiger partial charge in [-0.3, -0.25) is 0 Å². The molecular formula is C9H9N3O. The Bertz CT molecular complexity index is 409. The lowest BCUT2D eigenvalue weighted by atomic mass is 10.1. The molecule has 2 aromatic heterocycles. The highest BCUT2D eigenvalue weighted by atomic mass is 16.3. The number of hydrogen-bond donors (Lipinski definition) is 1. The van der Waals surface area contributed by atoms with E-state index < -0.39 is 0 Å². The summed E-state index contributed by atoms with van der Waals surface area (Å²) in [4.78, 5) is 8.02. The Labute approximate surface area is 75.4 Å². The molecule has 0 aliphatic rings. The van der Waals surface area contributed by atoms with Crippen molar-refractivity contribution < 1.29 is 4.42 Å². The van der Waals surface area contributed by atoms with Gasteiger partial charge < -0.3 is 10.2 Å². The van der Waals surface area contributed by atoms with E-state index >= 15 is 0 Å². The summed E-state index contributed by atoms with van der Waals surface area (Å²) in [6, 6.07) is 1.84. The van der Waals surface area contributed by atoms with Gasteiger partial charge in [-0.2, -0.15) is 0 Å². The van der Waals surface area contributed by atoms with E-state index in [9.17, 15) is 0 Å². The van der Waals surface area contributed by atoms with E-state index in [2.05, 4.69) is 9.97 Å². The molecule has 0 aliphatic heterocycles. The number of anilines is 1. The zero-order valence-electron chi connectivity index (χ0n) is 7.19. The van der Waals surface area contributed by atoms with Gasteiger partial charge in [0.25, 0.3) is 0 Å². The van der Waals surface area contributed by atoms with Gasteiger partial charge in [-0.25, -0.2) is 9.97 Å². The number of aromatic nitrogens is 2. The van der Waals surface area contributed by atoms with Crippen LogP contribution in [0.4, 0.5) is 5.82 Å². The lowest BCUT2D eigenvalue weighted by Crippen LogP contribution is -1.97. The molecule has 2 rings (SSSR count). The molecule has 0 saturated heterocycles. The smallest absolute Gasteiger partial charge is 0.130 e. The molecule has 66 valence electrons. The van der Waals surface area contributed by atoms with Crippen LogP contribution in [0.15, 0.2) is 29.3 Å². The molecule has 0 radical (unpaired) electrons. The van der Waals surface area contributed by atoms with Crippen LogP contribution in [-0.2, 0) is 0 Å². The topological polar surface area (TPSA) is 64.9 Å². The highest BCUT2D eigenvalue weighted by Gasteiger charge is 2.06. The molecule has 0 aromatic carbocycles. The van der Waals surface area contributed by atoms with Crippen molar-refractivity contribution in [3.63, 3.8) is 0 Å². The Morgan fingerprint density at radius 1 is 1.38 bits per heavy atom. The first kappa shape index (κ1) is 7.79. The zero-order valence-corrected chi connectivity index (χ0v) is 7.19. The summed E-state index contributed by atoms with van der Waals surface area (Å²) >= 11 is 0. The summed E-state index contributed by atoms with van der Waals surface area (Å²) in [5.41, 5.74) is 8.27. The van der Waals surface area contributed by atoms with Gasteiger partial charge in [0.05, 0.1) is 18.2 Å². The van der Waals surface area contributed by atoms with Crippen LogP contribution in [0.25, 0.3) is 11.3 Å². The Morgan fingerprint density at radius 3 is 2.92 bits per heavy atom. The van der Waals surface area contributed by atoms with Gasteiger partial charge in [0, 0.05) is 11.1 Å². The molecular weight excluding hydrogens is 166 g/mol. The van der Waals surface area contributed by atoms with Crippen molar-refractivity contribution in [2.45, 2.75) is 6.92 Å². The summed E-state index contributed by atoms with van der Waals surface area (Å²) in [5.74, 6) is 0.506. The maximum absolute atomic E-state index is 5.65. The van der Waals surface area contributed by atoms with Crippen molar-refractivity contribution in [2.24, 2.45) is 0 Å². The number of nitrogens with zero attached hydrogens (tertiary/aromatic N) is 2. The molecule has 4 nitrogen and oxygen atoms in total. The van der Waals surface area contributed by atoms with Gasteiger partial charge in [0.2, 0.25) is 0 Å². The molecule has 13 heavy (non-hydrogen) atoms. The van der Waals surface area contributed by atoms with Crippen molar-refractivity contribution in [1.29, 1.82) is 0 Å². The van der Waals surface area contributed by atoms with E-state index in [1.54, 1.807) is 12.5 Å². The van der Waals surface area contributed by atoms with E-state index in [0.29, 0.717) is 5.82 Å². The summed E-state index contributed by atoms with van der Waals surface area (Å²) < 4.78 is 4.96. The third-order valence-corrected chi connectivity index (χ3v) is 1.92. The Kier molecular flexibility index (Phi) is 1.73. The third kappa shape index (κ3) is 1.26. The number of nitrogens with two attached hydrogens (primary N) is 1. The first-order valence-corrected chi connectivity index (χ1v) is 3.88.